The molecule has 0 aliphatic heterocycles. The fourth-order valence-corrected chi connectivity index (χ4v) is 1.95. The van der Waals surface area contributed by atoms with Crippen molar-refractivity contribution in [3.8, 4) is 0 Å². The van der Waals surface area contributed by atoms with E-state index in [1.165, 1.54) is 12.1 Å². The normalized spacial score (nSPS) is 13.4. The first-order chi connectivity index (χ1) is 9.45. The van der Waals surface area contributed by atoms with Gasteiger partial charge in [0.15, 0.2) is 0 Å². The molecule has 0 aliphatic rings. The summed E-state index contributed by atoms with van der Waals surface area (Å²) in [6.45, 7) is 2.66. The Hall–Kier alpha value is -1.86. The van der Waals surface area contributed by atoms with E-state index < -0.39 is 17.8 Å². The Kier molecular flexibility index (Phi) is 4.10. The van der Waals surface area contributed by atoms with Gasteiger partial charge in [0.25, 0.3) is 0 Å². The predicted molar refractivity (Wildman–Crippen MR) is 68.5 cm³/mol. The third kappa shape index (κ3) is 3.00. The fraction of sp³-hybridized carbons (Fsp3) is 0.308. The van der Waals surface area contributed by atoms with Crippen molar-refractivity contribution < 1.29 is 13.2 Å². The number of rotatable bonds is 4. The lowest BCUT2D eigenvalue weighted by molar-refractivity contribution is -0.137. The smallest absolute Gasteiger partial charge is 0.273 e. The van der Waals surface area contributed by atoms with Crippen molar-refractivity contribution in [2.45, 2.75) is 25.7 Å². The Morgan fingerprint density at radius 2 is 1.90 bits per heavy atom. The minimum atomic E-state index is -4.34. The number of hydrogen-bond acceptors (Lipinski definition) is 3. The largest absolute Gasteiger partial charge is 0.416 e. The number of hydrogen-bond donors (Lipinski definition) is 2. The molecule has 0 bridgehead atoms. The molecule has 2 aromatic rings. The number of aromatic nitrogens is 2. The molecule has 0 spiro atoms. The molecular weight excluding hydrogens is 269 g/mol. The number of benzene rings is 1. The van der Waals surface area contributed by atoms with Crippen LogP contribution in [0.15, 0.2) is 36.7 Å². The summed E-state index contributed by atoms with van der Waals surface area (Å²) in [5.74, 6) is 5.50. The van der Waals surface area contributed by atoms with E-state index in [1.54, 1.807) is 10.9 Å². The van der Waals surface area contributed by atoms with Crippen LogP contribution >= 0.6 is 0 Å². The van der Waals surface area contributed by atoms with Gasteiger partial charge in [0, 0.05) is 18.3 Å². The van der Waals surface area contributed by atoms with Gasteiger partial charge < -0.3 is 0 Å². The monoisotopic (exact) mass is 284 g/mol. The summed E-state index contributed by atoms with van der Waals surface area (Å²) < 4.78 is 39.3. The maximum atomic E-state index is 12.5. The van der Waals surface area contributed by atoms with Gasteiger partial charge in [0.1, 0.15) is 0 Å². The van der Waals surface area contributed by atoms with E-state index >= 15 is 0 Å². The number of halogens is 3. The maximum absolute atomic E-state index is 12.5. The molecule has 0 saturated carbocycles. The highest BCUT2D eigenvalue weighted by Gasteiger charge is 2.30. The molecule has 3 N–H and O–H groups in total. The molecule has 7 heteroatoms. The van der Waals surface area contributed by atoms with Gasteiger partial charge in [-0.15, -0.1) is 0 Å². The summed E-state index contributed by atoms with van der Waals surface area (Å²) >= 11 is 0. The highest BCUT2D eigenvalue weighted by Crippen LogP contribution is 2.30. The van der Waals surface area contributed by atoms with Gasteiger partial charge in [0.2, 0.25) is 0 Å². The van der Waals surface area contributed by atoms with Crippen LogP contribution in [0.1, 0.15) is 29.7 Å². The van der Waals surface area contributed by atoms with Gasteiger partial charge in [-0.3, -0.25) is 10.5 Å². The van der Waals surface area contributed by atoms with E-state index in [4.69, 9.17) is 5.84 Å². The Morgan fingerprint density at radius 3 is 2.35 bits per heavy atom. The van der Waals surface area contributed by atoms with Crippen molar-refractivity contribution in [2.24, 2.45) is 5.84 Å². The number of nitrogens with one attached hydrogen (secondary N) is 1. The van der Waals surface area contributed by atoms with Gasteiger partial charge in [-0.1, -0.05) is 12.1 Å². The van der Waals surface area contributed by atoms with Crippen LogP contribution in [0, 0.1) is 0 Å². The van der Waals surface area contributed by atoms with Crippen molar-refractivity contribution in [2.75, 3.05) is 0 Å². The molecular formula is C13H15F3N4. The van der Waals surface area contributed by atoms with Crippen LogP contribution in [-0.2, 0) is 12.7 Å². The van der Waals surface area contributed by atoms with Gasteiger partial charge in [-0.2, -0.15) is 18.3 Å². The third-order valence-electron chi connectivity index (χ3n) is 3.05. The second kappa shape index (κ2) is 5.64. The SMILES string of the molecule is CCn1cc(C(NN)c2ccc(C(F)(F)F)cc2)cn1. The van der Waals surface area contributed by atoms with Gasteiger partial charge in [0.05, 0.1) is 17.8 Å². The average Bonchev–Trinajstić information content (AvgIpc) is 2.88. The van der Waals surface area contributed by atoms with E-state index in [9.17, 15) is 13.2 Å². The minimum Gasteiger partial charge on any atom is -0.273 e. The number of nitrogens with zero attached hydrogens (tertiary/aromatic N) is 2. The van der Waals surface area contributed by atoms with Gasteiger partial charge >= 0.3 is 6.18 Å². The fourth-order valence-electron chi connectivity index (χ4n) is 1.95. The Balaban J connectivity index is 2.28. The highest BCUT2D eigenvalue weighted by molar-refractivity contribution is 5.32. The second-order valence-corrected chi connectivity index (χ2v) is 4.35. The van der Waals surface area contributed by atoms with E-state index in [-0.39, 0.29) is 0 Å². The molecule has 20 heavy (non-hydrogen) atoms. The molecule has 0 amide bonds. The first kappa shape index (κ1) is 14.5. The first-order valence-corrected chi connectivity index (χ1v) is 6.11. The van der Waals surface area contributed by atoms with Gasteiger partial charge in [-0.25, -0.2) is 5.43 Å². The number of aryl methyl sites for hydroxylation is 1. The van der Waals surface area contributed by atoms with Crippen molar-refractivity contribution >= 4 is 0 Å². The standard InChI is InChI=1S/C13H15F3N4/c1-2-20-8-10(7-18-20)12(19-17)9-3-5-11(6-4-9)13(14,15)16/h3-8,12,19H,2,17H2,1H3. The molecule has 4 nitrogen and oxygen atoms in total. The molecule has 0 fully saturated rings. The summed E-state index contributed by atoms with van der Waals surface area (Å²) in [5, 5.41) is 4.13. The first-order valence-electron chi connectivity index (χ1n) is 6.11. The molecule has 1 unspecified atom stereocenters. The summed E-state index contributed by atoms with van der Waals surface area (Å²) in [5.41, 5.74) is 3.37. The zero-order valence-corrected chi connectivity index (χ0v) is 10.9. The summed E-state index contributed by atoms with van der Waals surface area (Å²) in [6, 6.07) is 4.53. The van der Waals surface area contributed by atoms with E-state index in [2.05, 4.69) is 10.5 Å². The molecule has 0 saturated heterocycles. The van der Waals surface area contributed by atoms with Crippen LogP contribution in [-0.4, -0.2) is 9.78 Å². The predicted octanol–water partition coefficient (Wildman–Crippen LogP) is 2.47. The van der Waals surface area contributed by atoms with Crippen LogP contribution in [0.3, 0.4) is 0 Å². The lowest BCUT2D eigenvalue weighted by Crippen LogP contribution is -2.28. The van der Waals surface area contributed by atoms with Gasteiger partial charge in [-0.05, 0) is 24.6 Å². The zero-order valence-electron chi connectivity index (χ0n) is 10.9. The number of nitrogens with two attached hydrogens (primary N) is 1. The van der Waals surface area contributed by atoms with Crippen LogP contribution < -0.4 is 11.3 Å². The maximum Gasteiger partial charge on any atom is 0.416 e. The molecule has 0 aliphatic carbocycles. The third-order valence-corrected chi connectivity index (χ3v) is 3.05. The van der Waals surface area contributed by atoms with Crippen LogP contribution in [0.4, 0.5) is 13.2 Å². The lowest BCUT2D eigenvalue weighted by Gasteiger charge is -2.15. The van der Waals surface area contributed by atoms with Crippen LogP contribution in [0.2, 0.25) is 0 Å². The Bertz CT molecular complexity index is 560. The van der Waals surface area contributed by atoms with Crippen molar-refractivity contribution in [3.63, 3.8) is 0 Å². The summed E-state index contributed by atoms with van der Waals surface area (Å²) in [6.07, 6.45) is -0.884. The summed E-state index contributed by atoms with van der Waals surface area (Å²) in [7, 11) is 0. The van der Waals surface area contributed by atoms with E-state index in [1.807, 2.05) is 13.1 Å². The summed E-state index contributed by atoms with van der Waals surface area (Å²) in [4.78, 5) is 0. The molecule has 1 aromatic heterocycles. The molecule has 108 valence electrons. The van der Waals surface area contributed by atoms with Crippen LogP contribution in [0.25, 0.3) is 0 Å². The number of alkyl halides is 3. The topological polar surface area (TPSA) is 55.9 Å². The second-order valence-electron chi connectivity index (χ2n) is 4.35. The van der Waals surface area contributed by atoms with Crippen molar-refractivity contribution in [3.05, 3.63) is 53.3 Å². The van der Waals surface area contributed by atoms with Crippen molar-refractivity contribution in [1.82, 2.24) is 15.2 Å². The zero-order chi connectivity index (χ0) is 14.8. The Morgan fingerprint density at radius 1 is 1.25 bits per heavy atom. The number of hydrazine groups is 1. The van der Waals surface area contributed by atoms with E-state index in [0.717, 1.165) is 17.7 Å². The highest BCUT2D eigenvalue weighted by atomic mass is 19.4. The molecule has 2 rings (SSSR count). The van der Waals surface area contributed by atoms with Crippen LogP contribution in [0.5, 0.6) is 0 Å². The average molecular weight is 284 g/mol. The molecule has 1 aromatic carbocycles. The quantitative estimate of drug-likeness (QED) is 0.670. The molecule has 1 atom stereocenters. The van der Waals surface area contributed by atoms with E-state index in [0.29, 0.717) is 12.1 Å². The van der Waals surface area contributed by atoms with Crippen molar-refractivity contribution in [1.29, 1.82) is 0 Å². The lowest BCUT2D eigenvalue weighted by atomic mass is 10.0. The Labute approximate surface area is 114 Å². The molecule has 0 radical (unpaired) electrons. The minimum absolute atomic E-state index is 0.391. The molecule has 1 heterocycles.